The minimum Gasteiger partial charge on any atom is -0.334 e. The van der Waals surface area contributed by atoms with Gasteiger partial charge in [0.2, 0.25) is 0 Å². The molecule has 0 amide bonds. The summed E-state index contributed by atoms with van der Waals surface area (Å²) in [7, 11) is 1.94. The minimum absolute atomic E-state index is 0.123. The van der Waals surface area contributed by atoms with Crippen molar-refractivity contribution in [1.82, 2.24) is 9.55 Å². The predicted octanol–water partition coefficient (Wildman–Crippen LogP) is 2.13. The highest BCUT2D eigenvalue weighted by Crippen LogP contribution is 2.22. The van der Waals surface area contributed by atoms with Crippen molar-refractivity contribution in [3.63, 3.8) is 0 Å². The Balaban J connectivity index is 2.28. The van der Waals surface area contributed by atoms with Crippen LogP contribution in [-0.2, 0) is 7.05 Å². The van der Waals surface area contributed by atoms with Crippen molar-refractivity contribution in [2.75, 3.05) is 6.54 Å². The van der Waals surface area contributed by atoms with Gasteiger partial charge in [-0.1, -0.05) is 13.8 Å². The SMILES string of the molecule is Cn1cnc2cc(C(=O)CC(C)(C)CN)ccc21. The summed E-state index contributed by atoms with van der Waals surface area (Å²) >= 11 is 0. The summed E-state index contributed by atoms with van der Waals surface area (Å²) in [5.41, 5.74) is 8.10. The molecule has 0 aliphatic rings. The molecule has 4 nitrogen and oxygen atoms in total. The second-order valence-electron chi connectivity index (χ2n) is 5.53. The molecule has 0 spiro atoms. The van der Waals surface area contributed by atoms with Gasteiger partial charge in [-0.3, -0.25) is 4.79 Å². The highest BCUT2D eigenvalue weighted by molar-refractivity contribution is 5.99. The highest BCUT2D eigenvalue weighted by atomic mass is 16.1. The fraction of sp³-hybridized carbons (Fsp3) is 0.429. The van der Waals surface area contributed by atoms with Gasteiger partial charge in [0.05, 0.1) is 17.4 Å². The molecule has 1 aromatic heterocycles. The van der Waals surface area contributed by atoms with Crippen LogP contribution < -0.4 is 5.73 Å². The van der Waals surface area contributed by atoms with Gasteiger partial charge in [0, 0.05) is 19.0 Å². The number of benzene rings is 1. The number of ketones is 1. The Bertz CT molecular complexity index is 584. The predicted molar refractivity (Wildman–Crippen MR) is 72.5 cm³/mol. The van der Waals surface area contributed by atoms with Crippen LogP contribution in [0.25, 0.3) is 11.0 Å². The van der Waals surface area contributed by atoms with E-state index in [-0.39, 0.29) is 11.2 Å². The van der Waals surface area contributed by atoms with Crippen molar-refractivity contribution in [3.05, 3.63) is 30.1 Å². The molecule has 96 valence electrons. The number of aryl methyl sites for hydroxylation is 1. The molecule has 0 saturated heterocycles. The Morgan fingerprint density at radius 2 is 2.17 bits per heavy atom. The van der Waals surface area contributed by atoms with E-state index in [0.29, 0.717) is 18.5 Å². The van der Waals surface area contributed by atoms with Crippen molar-refractivity contribution in [2.24, 2.45) is 18.2 Å². The second kappa shape index (κ2) is 4.53. The fourth-order valence-electron chi connectivity index (χ4n) is 1.92. The molecule has 0 aliphatic carbocycles. The summed E-state index contributed by atoms with van der Waals surface area (Å²) in [5, 5.41) is 0. The van der Waals surface area contributed by atoms with Crippen LogP contribution in [0.15, 0.2) is 24.5 Å². The maximum absolute atomic E-state index is 12.2. The first kappa shape index (κ1) is 12.8. The summed E-state index contributed by atoms with van der Waals surface area (Å²) < 4.78 is 1.94. The van der Waals surface area contributed by atoms with Crippen LogP contribution in [0.3, 0.4) is 0 Å². The van der Waals surface area contributed by atoms with Crippen molar-refractivity contribution < 1.29 is 4.79 Å². The molecule has 0 unspecified atom stereocenters. The molecule has 1 heterocycles. The van der Waals surface area contributed by atoms with Gasteiger partial charge >= 0.3 is 0 Å². The van der Waals surface area contributed by atoms with Gasteiger partial charge in [-0.05, 0) is 30.2 Å². The van der Waals surface area contributed by atoms with E-state index in [4.69, 9.17) is 5.73 Å². The smallest absolute Gasteiger partial charge is 0.163 e. The van der Waals surface area contributed by atoms with Crippen LogP contribution in [0.4, 0.5) is 0 Å². The lowest BCUT2D eigenvalue weighted by Crippen LogP contribution is -2.26. The molecule has 0 fully saturated rings. The van der Waals surface area contributed by atoms with Gasteiger partial charge < -0.3 is 10.3 Å². The number of Topliss-reactive ketones (excluding diaryl/α,β-unsaturated/α-hetero) is 1. The summed E-state index contributed by atoms with van der Waals surface area (Å²) in [6, 6.07) is 5.65. The molecule has 0 saturated carbocycles. The molecule has 1 aromatic carbocycles. The van der Waals surface area contributed by atoms with Crippen LogP contribution in [0, 0.1) is 5.41 Å². The van der Waals surface area contributed by atoms with Crippen LogP contribution in [0.5, 0.6) is 0 Å². The first-order valence-corrected chi connectivity index (χ1v) is 6.07. The number of nitrogens with two attached hydrogens (primary N) is 1. The van der Waals surface area contributed by atoms with E-state index in [9.17, 15) is 4.79 Å². The lowest BCUT2D eigenvalue weighted by atomic mass is 9.86. The van der Waals surface area contributed by atoms with E-state index in [2.05, 4.69) is 4.98 Å². The van der Waals surface area contributed by atoms with Gasteiger partial charge in [0.15, 0.2) is 5.78 Å². The average molecular weight is 245 g/mol. The number of hydrogen-bond acceptors (Lipinski definition) is 3. The van der Waals surface area contributed by atoms with E-state index in [1.165, 1.54) is 0 Å². The molecular weight excluding hydrogens is 226 g/mol. The molecular formula is C14H19N3O. The lowest BCUT2D eigenvalue weighted by Gasteiger charge is -2.21. The van der Waals surface area contributed by atoms with Crippen molar-refractivity contribution in [1.29, 1.82) is 0 Å². The lowest BCUT2D eigenvalue weighted by molar-refractivity contribution is 0.0935. The Morgan fingerprint density at radius 1 is 1.44 bits per heavy atom. The van der Waals surface area contributed by atoms with Gasteiger partial charge in [0.1, 0.15) is 0 Å². The number of hydrogen-bond donors (Lipinski definition) is 1. The first-order valence-electron chi connectivity index (χ1n) is 6.07. The van der Waals surface area contributed by atoms with Crippen LogP contribution in [0.1, 0.15) is 30.6 Å². The summed E-state index contributed by atoms with van der Waals surface area (Å²) in [6.45, 7) is 4.51. The summed E-state index contributed by atoms with van der Waals surface area (Å²) in [4.78, 5) is 16.4. The van der Waals surface area contributed by atoms with E-state index < -0.39 is 0 Å². The third-order valence-electron chi connectivity index (χ3n) is 3.24. The average Bonchev–Trinajstić information content (AvgIpc) is 2.70. The molecule has 0 radical (unpaired) electrons. The second-order valence-corrected chi connectivity index (χ2v) is 5.53. The minimum atomic E-state index is -0.157. The highest BCUT2D eigenvalue weighted by Gasteiger charge is 2.21. The molecule has 0 bridgehead atoms. The quantitative estimate of drug-likeness (QED) is 0.839. The van der Waals surface area contributed by atoms with Crippen molar-refractivity contribution in [3.8, 4) is 0 Å². The van der Waals surface area contributed by atoms with Gasteiger partial charge in [-0.15, -0.1) is 0 Å². The summed E-state index contributed by atoms with van der Waals surface area (Å²) in [5.74, 6) is 0.123. The maximum Gasteiger partial charge on any atom is 0.163 e. The van der Waals surface area contributed by atoms with Crippen molar-refractivity contribution >= 4 is 16.8 Å². The zero-order valence-corrected chi connectivity index (χ0v) is 11.1. The molecule has 18 heavy (non-hydrogen) atoms. The van der Waals surface area contributed by atoms with E-state index >= 15 is 0 Å². The van der Waals surface area contributed by atoms with Crippen molar-refractivity contribution in [2.45, 2.75) is 20.3 Å². The van der Waals surface area contributed by atoms with Gasteiger partial charge in [-0.25, -0.2) is 4.98 Å². The largest absolute Gasteiger partial charge is 0.334 e. The monoisotopic (exact) mass is 245 g/mol. The standard InChI is InChI=1S/C14H19N3O/c1-14(2,8-15)7-13(18)10-4-5-12-11(6-10)16-9-17(12)3/h4-6,9H,7-8,15H2,1-3H3. The number of aromatic nitrogens is 2. The van der Waals surface area contributed by atoms with Gasteiger partial charge in [-0.2, -0.15) is 0 Å². The number of carbonyl (C=O) groups is 1. The van der Waals surface area contributed by atoms with Crippen LogP contribution in [0.2, 0.25) is 0 Å². The normalized spacial score (nSPS) is 12.0. The molecule has 0 atom stereocenters. The molecule has 0 aliphatic heterocycles. The fourth-order valence-corrected chi connectivity index (χ4v) is 1.92. The Kier molecular flexibility index (Phi) is 3.22. The van der Waals surface area contributed by atoms with Crippen LogP contribution >= 0.6 is 0 Å². The first-order chi connectivity index (χ1) is 8.43. The molecule has 4 heteroatoms. The number of nitrogens with zero attached hydrogens (tertiary/aromatic N) is 2. The summed E-state index contributed by atoms with van der Waals surface area (Å²) in [6.07, 6.45) is 2.21. The maximum atomic E-state index is 12.2. The van der Waals surface area contributed by atoms with Crippen LogP contribution in [-0.4, -0.2) is 21.9 Å². The Labute approximate surface area is 107 Å². The zero-order valence-electron chi connectivity index (χ0n) is 11.1. The van der Waals surface area contributed by atoms with E-state index in [0.717, 1.165) is 11.0 Å². The van der Waals surface area contributed by atoms with Gasteiger partial charge in [0.25, 0.3) is 0 Å². The third kappa shape index (κ3) is 2.43. The molecule has 2 aromatic rings. The molecule has 2 rings (SSSR count). The van der Waals surface area contributed by atoms with E-state index in [1.54, 1.807) is 6.33 Å². The molecule has 2 N–H and O–H groups in total. The third-order valence-corrected chi connectivity index (χ3v) is 3.24. The number of rotatable bonds is 4. The number of carbonyl (C=O) groups excluding carboxylic acids is 1. The number of fused-ring (bicyclic) bond motifs is 1. The zero-order chi connectivity index (χ0) is 13.3. The Hall–Kier alpha value is -1.68. The number of imidazole rings is 1. The topological polar surface area (TPSA) is 60.9 Å². The Morgan fingerprint density at radius 3 is 2.83 bits per heavy atom. The van der Waals surface area contributed by atoms with E-state index in [1.807, 2.05) is 43.7 Å².